The molecule has 392 valence electrons. The van der Waals surface area contributed by atoms with Gasteiger partial charge in [0.15, 0.2) is 11.9 Å². The summed E-state index contributed by atoms with van der Waals surface area (Å²) in [5, 5.41) is 45.2. The third-order valence-corrected chi connectivity index (χ3v) is 10.1. The average molecular weight is 987 g/mol. The molecule has 0 saturated heterocycles. The normalized spacial score (nSPS) is 14.3. The minimum atomic E-state index is -1.62. The quantitative estimate of drug-likeness (QED) is 0.0156. The molecule has 0 aromatic carbocycles. The first-order valence-corrected chi connectivity index (χ1v) is 22.5. The fourth-order valence-corrected chi connectivity index (χ4v) is 6.18. The highest BCUT2D eigenvalue weighted by Crippen LogP contribution is 2.09. The zero-order valence-corrected chi connectivity index (χ0v) is 39.2. The van der Waals surface area contributed by atoms with Gasteiger partial charge in [-0.3, -0.25) is 53.1 Å². The summed E-state index contributed by atoms with van der Waals surface area (Å²) < 4.78 is 0. The SMILES string of the molecule is CC(NC(=O)C(CCC(=O)O)NC(=O)C(C)NC(=O)C(CCC(=O)O)NC(=O)C(CCCN=C(N)N)NC(=O)C(N)CCCCN)C(=O)NC(CCCCN)C(=O)NC(CCCN=C(N)N)C(=O)O. The minimum absolute atomic E-state index is 0.0278. The Labute approximate surface area is 399 Å². The Kier molecular flexibility index (Phi) is 31.0. The Hall–Kier alpha value is -6.88. The summed E-state index contributed by atoms with van der Waals surface area (Å²) in [4.78, 5) is 136. The Morgan fingerprint density at radius 3 is 1.12 bits per heavy atom. The molecule has 29 nitrogen and oxygen atoms in total. The standard InChI is InChI=1S/C40H74N16O13/c1-21(31(61)52-24(10-4-6-18-42)37(67)56-28(38(68)69)12-8-20-49-40(46)47)50-34(64)26(13-15-29(57)58)53-32(62)22(2)51-35(65)27(14-16-30(59)60)55-36(66)25(11-7-19-48-39(44)45)54-33(63)23(43)9-3-5-17-41/h21-28H,3-20,41-43H2,1-2H3,(H,50,64)(H,51,65)(H,52,61)(H,53,62)(H,54,63)(H,55,66)(H,56,67)(H,57,58)(H,59,60)(H,68,69)(H4,44,45,48)(H4,46,47,49). The van der Waals surface area contributed by atoms with Gasteiger partial charge in [-0.1, -0.05) is 6.42 Å². The molecule has 0 aliphatic rings. The smallest absolute Gasteiger partial charge is 0.326 e. The number of guanidine groups is 2. The molecule has 69 heavy (non-hydrogen) atoms. The van der Waals surface area contributed by atoms with Crippen LogP contribution in [-0.4, -0.2) is 161 Å². The van der Waals surface area contributed by atoms with Crippen molar-refractivity contribution < 1.29 is 63.3 Å². The van der Waals surface area contributed by atoms with Gasteiger partial charge in [0.1, 0.15) is 42.3 Å². The maximum Gasteiger partial charge on any atom is 0.326 e. The number of rotatable bonds is 37. The largest absolute Gasteiger partial charge is 0.481 e. The summed E-state index contributed by atoms with van der Waals surface area (Å²) in [5.74, 6) is -10.9. The second-order valence-corrected chi connectivity index (χ2v) is 16.0. The zero-order valence-electron chi connectivity index (χ0n) is 39.2. The van der Waals surface area contributed by atoms with E-state index in [9.17, 15) is 63.3 Å². The van der Waals surface area contributed by atoms with Gasteiger partial charge in [-0.2, -0.15) is 0 Å². The minimum Gasteiger partial charge on any atom is -0.481 e. The summed E-state index contributed by atoms with van der Waals surface area (Å²) in [6.45, 7) is 3.19. The number of amides is 7. The molecule has 0 spiro atoms. The summed E-state index contributed by atoms with van der Waals surface area (Å²) in [7, 11) is 0. The van der Waals surface area contributed by atoms with E-state index in [2.05, 4.69) is 47.2 Å². The van der Waals surface area contributed by atoms with Crippen molar-refractivity contribution in [2.45, 2.75) is 152 Å². The van der Waals surface area contributed by atoms with Crippen LogP contribution in [0.1, 0.15) is 104 Å². The van der Waals surface area contributed by atoms with E-state index < -0.39 is 133 Å². The van der Waals surface area contributed by atoms with Crippen LogP contribution in [0.4, 0.5) is 0 Å². The second-order valence-electron chi connectivity index (χ2n) is 16.0. The van der Waals surface area contributed by atoms with Gasteiger partial charge in [-0.15, -0.1) is 0 Å². The third-order valence-electron chi connectivity index (χ3n) is 10.1. The average Bonchev–Trinajstić information content (AvgIpc) is 3.27. The third kappa shape index (κ3) is 28.1. The number of nitrogens with one attached hydrogen (secondary N) is 7. The Balaban J connectivity index is 6.14. The highest BCUT2D eigenvalue weighted by molar-refractivity contribution is 5.97. The molecule has 0 aromatic rings. The zero-order chi connectivity index (χ0) is 52.6. The van der Waals surface area contributed by atoms with Crippen molar-refractivity contribution in [2.75, 3.05) is 26.2 Å². The molecule has 0 saturated carbocycles. The molecule has 0 rings (SSSR count). The van der Waals surface area contributed by atoms with Gasteiger partial charge in [0.05, 0.1) is 6.04 Å². The predicted molar refractivity (Wildman–Crippen MR) is 250 cm³/mol. The lowest BCUT2D eigenvalue weighted by Crippen LogP contribution is -2.59. The number of carboxylic acid groups (broad SMARTS) is 3. The lowest BCUT2D eigenvalue weighted by molar-refractivity contribution is -0.142. The number of aliphatic imine (C=N–C) groups is 2. The van der Waals surface area contributed by atoms with Crippen molar-refractivity contribution >= 4 is 71.2 Å². The highest BCUT2D eigenvalue weighted by Gasteiger charge is 2.33. The number of nitrogens with zero attached hydrogens (tertiary/aromatic N) is 2. The van der Waals surface area contributed by atoms with Crippen LogP contribution in [0.5, 0.6) is 0 Å². The first kappa shape index (κ1) is 62.1. The fourth-order valence-electron chi connectivity index (χ4n) is 6.18. The van der Waals surface area contributed by atoms with Crippen LogP contribution in [0.2, 0.25) is 0 Å². The number of nitrogens with two attached hydrogens (primary N) is 7. The summed E-state index contributed by atoms with van der Waals surface area (Å²) in [6, 6.07) is -11.1. The van der Waals surface area contributed by atoms with E-state index in [1.165, 1.54) is 13.8 Å². The number of hydrogen-bond acceptors (Lipinski definition) is 15. The molecule has 0 fully saturated rings. The maximum atomic E-state index is 13.6. The molecule has 24 N–H and O–H groups in total. The number of carbonyl (C=O) groups excluding carboxylic acids is 7. The van der Waals surface area contributed by atoms with Crippen LogP contribution in [0.3, 0.4) is 0 Å². The Morgan fingerprint density at radius 1 is 0.420 bits per heavy atom. The summed E-state index contributed by atoms with van der Waals surface area (Å²) in [5.41, 5.74) is 38.4. The lowest BCUT2D eigenvalue weighted by Gasteiger charge is -2.26. The van der Waals surface area contributed by atoms with Gasteiger partial charge >= 0.3 is 17.9 Å². The van der Waals surface area contributed by atoms with Crippen molar-refractivity contribution in [2.24, 2.45) is 50.1 Å². The number of hydrogen-bond donors (Lipinski definition) is 17. The van der Waals surface area contributed by atoms with Crippen LogP contribution in [-0.2, 0) is 47.9 Å². The van der Waals surface area contributed by atoms with Gasteiger partial charge in [0.2, 0.25) is 41.4 Å². The van der Waals surface area contributed by atoms with Crippen molar-refractivity contribution in [3.8, 4) is 0 Å². The van der Waals surface area contributed by atoms with Crippen molar-refractivity contribution in [1.82, 2.24) is 37.2 Å². The van der Waals surface area contributed by atoms with Crippen LogP contribution < -0.4 is 77.4 Å². The van der Waals surface area contributed by atoms with Crippen molar-refractivity contribution in [3.63, 3.8) is 0 Å². The molecular weight excluding hydrogens is 913 g/mol. The van der Waals surface area contributed by atoms with Crippen molar-refractivity contribution in [1.29, 1.82) is 0 Å². The first-order chi connectivity index (χ1) is 32.4. The van der Waals surface area contributed by atoms with E-state index >= 15 is 0 Å². The number of unbranched alkanes of at least 4 members (excludes halogenated alkanes) is 2. The summed E-state index contributed by atoms with van der Waals surface area (Å²) in [6.07, 6.45) is 0.208. The van der Waals surface area contributed by atoms with E-state index in [1.54, 1.807) is 0 Å². The summed E-state index contributed by atoms with van der Waals surface area (Å²) >= 11 is 0. The van der Waals surface area contributed by atoms with Gasteiger partial charge in [0.25, 0.3) is 0 Å². The van der Waals surface area contributed by atoms with E-state index in [4.69, 9.17) is 40.1 Å². The lowest BCUT2D eigenvalue weighted by atomic mass is 10.1. The fraction of sp³-hybridized carbons (Fsp3) is 0.700. The molecule has 8 atom stereocenters. The van der Waals surface area contributed by atoms with Gasteiger partial charge < -0.3 is 92.7 Å². The molecule has 0 aliphatic carbocycles. The Bertz CT molecular complexity index is 1780. The predicted octanol–water partition coefficient (Wildman–Crippen LogP) is -6.07. The van der Waals surface area contributed by atoms with Crippen LogP contribution in [0.25, 0.3) is 0 Å². The topological polar surface area (TPSA) is 522 Å². The molecule has 0 aliphatic heterocycles. The van der Waals surface area contributed by atoms with Crippen LogP contribution in [0, 0.1) is 0 Å². The van der Waals surface area contributed by atoms with E-state index in [0.717, 1.165) is 0 Å². The number of carbonyl (C=O) groups is 10. The van der Waals surface area contributed by atoms with Gasteiger partial charge in [0, 0.05) is 25.9 Å². The molecule has 0 radical (unpaired) electrons. The van der Waals surface area contributed by atoms with Crippen molar-refractivity contribution in [3.05, 3.63) is 0 Å². The first-order valence-electron chi connectivity index (χ1n) is 22.5. The number of aliphatic carboxylic acids is 3. The molecule has 7 amide bonds. The van der Waals surface area contributed by atoms with E-state index in [-0.39, 0.29) is 70.1 Å². The maximum absolute atomic E-state index is 13.6. The monoisotopic (exact) mass is 987 g/mol. The van der Waals surface area contributed by atoms with E-state index in [1.807, 2.05) is 0 Å². The Morgan fingerprint density at radius 2 is 0.739 bits per heavy atom. The van der Waals surface area contributed by atoms with E-state index in [0.29, 0.717) is 32.2 Å². The molecule has 0 heterocycles. The molecule has 29 heteroatoms. The molecule has 8 unspecified atom stereocenters. The van der Waals surface area contributed by atoms with Crippen LogP contribution >= 0.6 is 0 Å². The van der Waals surface area contributed by atoms with Crippen LogP contribution in [0.15, 0.2) is 9.98 Å². The molecule has 0 bridgehead atoms. The second kappa shape index (κ2) is 34.4. The number of carboxylic acids is 3. The molecule has 0 aromatic heterocycles. The van der Waals surface area contributed by atoms with Gasteiger partial charge in [-0.25, -0.2) is 4.79 Å². The molecular formula is C40H74N16O13. The highest BCUT2D eigenvalue weighted by atomic mass is 16.4. The van der Waals surface area contributed by atoms with Gasteiger partial charge in [-0.05, 0) is 97.6 Å².